The summed E-state index contributed by atoms with van der Waals surface area (Å²) in [5, 5.41) is 17.7. The second-order valence-electron chi connectivity index (χ2n) is 4.65. The third-order valence-electron chi connectivity index (χ3n) is 3.21. The summed E-state index contributed by atoms with van der Waals surface area (Å²) in [6.07, 6.45) is 1.79. The van der Waals surface area contributed by atoms with E-state index in [0.717, 1.165) is 17.2 Å². The molecule has 20 heavy (non-hydrogen) atoms. The largest absolute Gasteiger partial charge is 0.319 e. The number of hydrogen-bond acceptors (Lipinski definition) is 4. The number of fused-ring (bicyclic) bond motifs is 1. The molecule has 0 fully saturated rings. The average Bonchev–Trinajstić information content (AvgIpc) is 2.96. The lowest BCUT2D eigenvalue weighted by Gasteiger charge is -2.05. The van der Waals surface area contributed by atoms with Crippen LogP contribution in [0.1, 0.15) is 27.6 Å². The van der Waals surface area contributed by atoms with Gasteiger partial charge < -0.3 is 5.32 Å². The van der Waals surface area contributed by atoms with Crippen LogP contribution in [0.4, 0.5) is 5.69 Å². The molecule has 3 aromatic rings. The Morgan fingerprint density at radius 2 is 2.10 bits per heavy atom. The summed E-state index contributed by atoms with van der Waals surface area (Å²) < 4.78 is 1.82. The minimum atomic E-state index is -0.194. The Bertz CT molecular complexity index is 781. The molecule has 0 saturated heterocycles. The van der Waals surface area contributed by atoms with E-state index in [1.807, 2.05) is 25.2 Å². The number of carbonyl (C=O) groups excluding carboxylic acids is 1. The van der Waals surface area contributed by atoms with Crippen LogP contribution in [0.3, 0.4) is 0 Å². The fraction of sp³-hybridized carbons (Fsp3) is 0.231. The highest BCUT2D eigenvalue weighted by molar-refractivity contribution is 6.05. The van der Waals surface area contributed by atoms with Gasteiger partial charge in [-0.25, -0.2) is 0 Å². The van der Waals surface area contributed by atoms with Crippen molar-refractivity contribution in [2.75, 3.05) is 5.32 Å². The van der Waals surface area contributed by atoms with Crippen LogP contribution in [-0.4, -0.2) is 30.7 Å². The molecule has 0 saturated carbocycles. The van der Waals surface area contributed by atoms with Crippen molar-refractivity contribution in [3.05, 3.63) is 41.1 Å². The molecule has 102 valence electrons. The van der Waals surface area contributed by atoms with Gasteiger partial charge in [0.1, 0.15) is 5.82 Å². The zero-order valence-corrected chi connectivity index (χ0v) is 11.4. The quantitative estimate of drug-likeness (QED) is 0.740. The van der Waals surface area contributed by atoms with E-state index in [1.165, 1.54) is 0 Å². The van der Waals surface area contributed by atoms with Crippen LogP contribution in [-0.2, 0) is 0 Å². The number of rotatable bonds is 2. The Morgan fingerprint density at radius 1 is 1.30 bits per heavy atom. The molecule has 0 unspecified atom stereocenters. The van der Waals surface area contributed by atoms with Gasteiger partial charge >= 0.3 is 0 Å². The SMILES string of the molecule is Cc1n[nH]c(C)c1NC(=O)c1ccn2c(C)nnc2c1. The number of aryl methyl sites for hydroxylation is 3. The highest BCUT2D eigenvalue weighted by Crippen LogP contribution is 2.17. The first-order chi connectivity index (χ1) is 9.56. The molecule has 0 spiro atoms. The van der Waals surface area contributed by atoms with E-state index < -0.39 is 0 Å². The van der Waals surface area contributed by atoms with E-state index in [4.69, 9.17) is 0 Å². The molecule has 0 radical (unpaired) electrons. The van der Waals surface area contributed by atoms with Crippen molar-refractivity contribution in [3.63, 3.8) is 0 Å². The molecule has 0 aliphatic carbocycles. The van der Waals surface area contributed by atoms with Crippen LogP contribution in [0.25, 0.3) is 5.65 Å². The number of aromatic amines is 1. The van der Waals surface area contributed by atoms with Gasteiger partial charge in [-0.2, -0.15) is 5.10 Å². The Kier molecular flexibility index (Phi) is 2.74. The molecule has 2 N–H and O–H groups in total. The number of hydrogen-bond donors (Lipinski definition) is 2. The van der Waals surface area contributed by atoms with Crippen LogP contribution in [0, 0.1) is 20.8 Å². The summed E-state index contributed by atoms with van der Waals surface area (Å²) in [5.41, 5.74) is 3.48. The molecule has 0 atom stereocenters. The number of nitrogens with one attached hydrogen (secondary N) is 2. The van der Waals surface area contributed by atoms with Crippen molar-refractivity contribution >= 4 is 17.2 Å². The van der Waals surface area contributed by atoms with Crippen LogP contribution in [0.15, 0.2) is 18.3 Å². The van der Waals surface area contributed by atoms with E-state index in [2.05, 4.69) is 25.7 Å². The topological polar surface area (TPSA) is 88.0 Å². The molecule has 0 bridgehead atoms. The van der Waals surface area contributed by atoms with Crippen LogP contribution < -0.4 is 5.32 Å². The second kappa shape index (κ2) is 4.44. The fourth-order valence-corrected chi connectivity index (χ4v) is 2.07. The van der Waals surface area contributed by atoms with Gasteiger partial charge in [-0.3, -0.25) is 14.3 Å². The summed E-state index contributed by atoms with van der Waals surface area (Å²) in [6.45, 7) is 5.56. The molecule has 0 aliphatic rings. The number of aromatic nitrogens is 5. The first-order valence-electron chi connectivity index (χ1n) is 6.20. The van der Waals surface area contributed by atoms with Crippen LogP contribution in [0.2, 0.25) is 0 Å². The fourth-order valence-electron chi connectivity index (χ4n) is 2.07. The van der Waals surface area contributed by atoms with Gasteiger partial charge in [0.25, 0.3) is 5.91 Å². The third kappa shape index (κ3) is 1.93. The Balaban J connectivity index is 1.92. The zero-order chi connectivity index (χ0) is 14.3. The highest BCUT2D eigenvalue weighted by Gasteiger charge is 2.13. The summed E-state index contributed by atoms with van der Waals surface area (Å²) in [4.78, 5) is 12.3. The first kappa shape index (κ1) is 12.3. The molecule has 7 nitrogen and oxygen atoms in total. The Labute approximate surface area is 115 Å². The summed E-state index contributed by atoms with van der Waals surface area (Å²) in [5.74, 6) is 0.592. The molecule has 3 aromatic heterocycles. The predicted molar refractivity (Wildman–Crippen MR) is 73.7 cm³/mol. The van der Waals surface area contributed by atoms with Crippen molar-refractivity contribution in [3.8, 4) is 0 Å². The molecule has 0 aliphatic heterocycles. The predicted octanol–water partition coefficient (Wildman–Crippen LogP) is 1.63. The van der Waals surface area contributed by atoms with Crippen molar-refractivity contribution in [2.24, 2.45) is 0 Å². The molecule has 3 rings (SSSR count). The molecule has 0 aromatic carbocycles. The lowest BCUT2D eigenvalue weighted by Crippen LogP contribution is -2.13. The van der Waals surface area contributed by atoms with Gasteiger partial charge in [-0.1, -0.05) is 0 Å². The number of carbonyl (C=O) groups is 1. The van der Waals surface area contributed by atoms with Gasteiger partial charge in [-0.15, -0.1) is 10.2 Å². The standard InChI is InChI=1S/C13H14N6O/c1-7-12(8(2)16-15-7)14-13(20)10-4-5-19-9(3)17-18-11(19)6-10/h4-6H,1-3H3,(H,14,20)(H,15,16). The molecule has 3 heterocycles. The summed E-state index contributed by atoms with van der Waals surface area (Å²) in [7, 11) is 0. The van der Waals surface area contributed by atoms with E-state index in [-0.39, 0.29) is 5.91 Å². The maximum Gasteiger partial charge on any atom is 0.255 e. The minimum absolute atomic E-state index is 0.194. The van der Waals surface area contributed by atoms with Gasteiger partial charge in [-0.05, 0) is 32.9 Å². The number of nitrogens with zero attached hydrogens (tertiary/aromatic N) is 4. The second-order valence-corrected chi connectivity index (χ2v) is 4.65. The van der Waals surface area contributed by atoms with Gasteiger partial charge in [0.2, 0.25) is 0 Å². The monoisotopic (exact) mass is 270 g/mol. The van der Waals surface area contributed by atoms with E-state index in [0.29, 0.717) is 16.9 Å². The van der Waals surface area contributed by atoms with Crippen molar-refractivity contribution in [2.45, 2.75) is 20.8 Å². The minimum Gasteiger partial charge on any atom is -0.319 e. The average molecular weight is 270 g/mol. The lowest BCUT2D eigenvalue weighted by atomic mass is 10.2. The maximum atomic E-state index is 12.3. The van der Waals surface area contributed by atoms with Crippen LogP contribution >= 0.6 is 0 Å². The smallest absolute Gasteiger partial charge is 0.255 e. The van der Waals surface area contributed by atoms with E-state index in [9.17, 15) is 4.79 Å². The maximum absolute atomic E-state index is 12.3. The Morgan fingerprint density at radius 3 is 2.80 bits per heavy atom. The first-order valence-corrected chi connectivity index (χ1v) is 6.20. The summed E-state index contributed by atoms with van der Waals surface area (Å²) >= 11 is 0. The van der Waals surface area contributed by atoms with Gasteiger partial charge in [0.15, 0.2) is 5.65 Å². The van der Waals surface area contributed by atoms with Crippen molar-refractivity contribution in [1.29, 1.82) is 0 Å². The number of H-pyrrole nitrogens is 1. The van der Waals surface area contributed by atoms with Crippen molar-refractivity contribution < 1.29 is 4.79 Å². The number of amides is 1. The van der Waals surface area contributed by atoms with E-state index in [1.54, 1.807) is 18.3 Å². The number of anilines is 1. The number of pyridine rings is 1. The molecular weight excluding hydrogens is 256 g/mol. The van der Waals surface area contributed by atoms with E-state index >= 15 is 0 Å². The highest BCUT2D eigenvalue weighted by atomic mass is 16.1. The lowest BCUT2D eigenvalue weighted by molar-refractivity contribution is 0.102. The third-order valence-corrected chi connectivity index (χ3v) is 3.21. The van der Waals surface area contributed by atoms with Gasteiger partial charge in [0, 0.05) is 11.8 Å². The van der Waals surface area contributed by atoms with Crippen LogP contribution in [0.5, 0.6) is 0 Å². The Hall–Kier alpha value is -2.70. The normalized spacial score (nSPS) is 10.9. The zero-order valence-electron chi connectivity index (χ0n) is 11.4. The molecule has 1 amide bonds. The van der Waals surface area contributed by atoms with Crippen molar-refractivity contribution in [1.82, 2.24) is 24.8 Å². The molecular formula is C13H14N6O. The molecule has 7 heteroatoms. The van der Waals surface area contributed by atoms with Gasteiger partial charge in [0.05, 0.1) is 17.1 Å². The summed E-state index contributed by atoms with van der Waals surface area (Å²) in [6, 6.07) is 3.45.